The predicted molar refractivity (Wildman–Crippen MR) is 148 cm³/mol. The summed E-state index contributed by atoms with van der Waals surface area (Å²) in [6, 6.07) is 27.3. The minimum Gasteiger partial charge on any atom is -0.508 e. The number of aliphatic hydroxyl groups is 1. The Morgan fingerprint density at radius 1 is 0.889 bits per heavy atom. The fourth-order valence-corrected chi connectivity index (χ4v) is 4.06. The third-order valence-electron chi connectivity index (χ3n) is 5.77. The van der Waals surface area contributed by atoms with Gasteiger partial charge in [-0.2, -0.15) is 0 Å². The van der Waals surface area contributed by atoms with Crippen LogP contribution in [0.4, 0.5) is 15.8 Å². The summed E-state index contributed by atoms with van der Waals surface area (Å²) in [5.41, 5.74) is 5.46. The number of nitrogens with zero attached hydrogens (tertiary/aromatic N) is 1. The summed E-state index contributed by atoms with van der Waals surface area (Å²) in [4.78, 5) is 2.09. The maximum Gasteiger partial charge on any atom is 0.130 e. The molecule has 4 aromatic carbocycles. The van der Waals surface area contributed by atoms with E-state index in [0.717, 1.165) is 34.5 Å². The monoisotopic (exact) mass is 499 g/mol. The van der Waals surface area contributed by atoms with Crippen LogP contribution in [-0.4, -0.2) is 12.2 Å². The predicted octanol–water partition coefficient (Wildman–Crippen LogP) is 9.41. The Morgan fingerprint density at radius 3 is 2.14 bits per heavy atom. The molecule has 182 valence electrons. The van der Waals surface area contributed by atoms with Gasteiger partial charge in [0.25, 0.3) is 0 Å². The summed E-state index contributed by atoms with van der Waals surface area (Å²) < 4.78 is 19.6. The van der Waals surface area contributed by atoms with Crippen LogP contribution in [0.15, 0.2) is 104 Å². The molecule has 0 unspecified atom stereocenters. The molecule has 0 aliphatic rings. The second-order valence-corrected chi connectivity index (χ2v) is 8.80. The number of hydrogen-bond acceptors (Lipinski definition) is 3. The Balaban J connectivity index is 1.68. The van der Waals surface area contributed by atoms with Gasteiger partial charge in [0.05, 0.1) is 0 Å². The zero-order valence-electron chi connectivity index (χ0n) is 20.2. The lowest BCUT2D eigenvalue weighted by atomic mass is 9.94. The number of hydrogen-bond donors (Lipinski definition) is 1. The Hall–Kier alpha value is -4.02. The van der Waals surface area contributed by atoms with E-state index in [9.17, 15) is 9.50 Å². The van der Waals surface area contributed by atoms with Crippen molar-refractivity contribution in [3.05, 3.63) is 131 Å². The second kappa shape index (κ2) is 11.1. The molecule has 0 heterocycles. The highest BCUT2D eigenvalue weighted by atomic mass is 35.5. The van der Waals surface area contributed by atoms with Crippen molar-refractivity contribution in [2.24, 2.45) is 0 Å². The molecule has 0 fully saturated rings. The van der Waals surface area contributed by atoms with Gasteiger partial charge in [-0.05, 0) is 89.9 Å². The Bertz CT molecular complexity index is 1400. The molecule has 4 aromatic rings. The van der Waals surface area contributed by atoms with Crippen molar-refractivity contribution in [1.82, 2.24) is 0 Å². The summed E-state index contributed by atoms with van der Waals surface area (Å²) in [6.45, 7) is 5.75. The van der Waals surface area contributed by atoms with Gasteiger partial charge in [-0.3, -0.25) is 0 Å². The first-order chi connectivity index (χ1) is 17.3. The van der Waals surface area contributed by atoms with Crippen LogP contribution in [0.1, 0.15) is 30.0 Å². The fraction of sp³-hybridized carbons (Fsp3) is 0.0968. The summed E-state index contributed by atoms with van der Waals surface area (Å²) in [5.74, 6) is 0.393. The zero-order chi connectivity index (χ0) is 25.7. The first kappa shape index (κ1) is 25.1. The number of halogens is 2. The van der Waals surface area contributed by atoms with Gasteiger partial charge in [0.2, 0.25) is 0 Å². The summed E-state index contributed by atoms with van der Waals surface area (Å²) >= 11 is 6.03. The summed E-state index contributed by atoms with van der Waals surface area (Å²) in [5, 5.41) is 10.8. The first-order valence-electron chi connectivity index (χ1n) is 11.6. The average molecular weight is 500 g/mol. The van der Waals surface area contributed by atoms with Gasteiger partial charge in [0.15, 0.2) is 0 Å². The Kier molecular flexibility index (Phi) is 7.77. The zero-order valence-corrected chi connectivity index (χ0v) is 21.0. The SMILES string of the molecule is C=C(O)c1cc(Oc2cccc(F)c2)cc(C(=CCC)c2ccc(N(C)c3ccc(Cl)cc3)cc2)c1. The fourth-order valence-electron chi connectivity index (χ4n) is 3.93. The van der Waals surface area contributed by atoms with Gasteiger partial charge in [0, 0.05) is 35.1 Å². The van der Waals surface area contributed by atoms with Crippen LogP contribution in [0, 0.1) is 5.82 Å². The third kappa shape index (κ3) is 5.96. The van der Waals surface area contributed by atoms with Crippen molar-refractivity contribution in [3.8, 4) is 11.5 Å². The molecule has 36 heavy (non-hydrogen) atoms. The van der Waals surface area contributed by atoms with Gasteiger partial charge >= 0.3 is 0 Å². The molecule has 0 aliphatic carbocycles. The molecule has 0 aromatic heterocycles. The van der Waals surface area contributed by atoms with E-state index in [1.54, 1.807) is 18.2 Å². The molecule has 0 amide bonds. The van der Waals surface area contributed by atoms with E-state index in [-0.39, 0.29) is 11.6 Å². The van der Waals surface area contributed by atoms with E-state index in [0.29, 0.717) is 22.1 Å². The maximum atomic E-state index is 13.7. The number of benzene rings is 4. The lowest BCUT2D eigenvalue weighted by molar-refractivity contribution is 0.474. The first-order valence-corrected chi connectivity index (χ1v) is 12.0. The highest BCUT2D eigenvalue weighted by Gasteiger charge is 2.12. The van der Waals surface area contributed by atoms with Crippen LogP contribution in [0.25, 0.3) is 11.3 Å². The van der Waals surface area contributed by atoms with Crippen molar-refractivity contribution in [3.63, 3.8) is 0 Å². The molecule has 3 nitrogen and oxygen atoms in total. The van der Waals surface area contributed by atoms with E-state index in [4.69, 9.17) is 16.3 Å². The van der Waals surface area contributed by atoms with Crippen molar-refractivity contribution in [2.45, 2.75) is 13.3 Å². The van der Waals surface area contributed by atoms with Gasteiger partial charge in [-0.1, -0.05) is 49.4 Å². The molecule has 1 N–H and O–H groups in total. The number of ether oxygens (including phenoxy) is 1. The molecule has 0 bridgehead atoms. The van der Waals surface area contributed by atoms with Gasteiger partial charge < -0.3 is 14.7 Å². The molecule has 5 heteroatoms. The molecule has 4 rings (SSSR count). The minimum absolute atomic E-state index is 0.0725. The molecule has 0 saturated heterocycles. The largest absolute Gasteiger partial charge is 0.508 e. The average Bonchev–Trinajstić information content (AvgIpc) is 2.87. The topological polar surface area (TPSA) is 32.7 Å². The molecule has 0 radical (unpaired) electrons. The molecular weight excluding hydrogens is 473 g/mol. The molecular formula is C31H27ClFNO2. The highest BCUT2D eigenvalue weighted by molar-refractivity contribution is 6.30. The highest BCUT2D eigenvalue weighted by Crippen LogP contribution is 2.34. The van der Waals surface area contributed by atoms with Crippen molar-refractivity contribution in [1.29, 1.82) is 0 Å². The smallest absolute Gasteiger partial charge is 0.130 e. The minimum atomic E-state index is -0.384. The van der Waals surface area contributed by atoms with Crippen LogP contribution in [0.2, 0.25) is 5.02 Å². The summed E-state index contributed by atoms with van der Waals surface area (Å²) in [7, 11) is 2.01. The van der Waals surface area contributed by atoms with Crippen molar-refractivity contribution >= 4 is 34.3 Å². The van der Waals surface area contributed by atoms with Crippen LogP contribution >= 0.6 is 11.6 Å². The second-order valence-electron chi connectivity index (χ2n) is 8.36. The van der Waals surface area contributed by atoms with Crippen molar-refractivity contribution < 1.29 is 14.2 Å². The molecule has 0 spiro atoms. The van der Waals surface area contributed by atoms with E-state index in [1.807, 2.05) is 43.4 Å². The number of aliphatic hydroxyl groups excluding tert-OH is 1. The number of anilines is 2. The number of rotatable bonds is 8. The quantitative estimate of drug-likeness (QED) is 0.245. The van der Waals surface area contributed by atoms with Gasteiger partial charge in [0.1, 0.15) is 23.1 Å². The van der Waals surface area contributed by atoms with E-state index in [2.05, 4.69) is 48.7 Å². The van der Waals surface area contributed by atoms with Crippen LogP contribution in [-0.2, 0) is 0 Å². The van der Waals surface area contributed by atoms with Crippen LogP contribution in [0.5, 0.6) is 11.5 Å². The Morgan fingerprint density at radius 2 is 1.53 bits per heavy atom. The molecule has 0 atom stereocenters. The third-order valence-corrected chi connectivity index (χ3v) is 6.02. The summed E-state index contributed by atoms with van der Waals surface area (Å²) in [6.07, 6.45) is 2.94. The Labute approximate surface area is 216 Å². The van der Waals surface area contributed by atoms with Crippen molar-refractivity contribution in [2.75, 3.05) is 11.9 Å². The lowest BCUT2D eigenvalue weighted by Crippen LogP contribution is -2.09. The normalized spacial score (nSPS) is 11.3. The lowest BCUT2D eigenvalue weighted by Gasteiger charge is -2.20. The van der Waals surface area contributed by atoms with Gasteiger partial charge in [-0.15, -0.1) is 0 Å². The van der Waals surface area contributed by atoms with Crippen LogP contribution in [0.3, 0.4) is 0 Å². The standard InChI is InChI=1S/C31H27ClFNO2/c1-4-6-31(22-9-13-27(14-10-22)34(3)28-15-11-25(32)12-16-28)24-17-23(21(2)35)18-30(19-24)36-29-8-5-7-26(33)20-29/h5-20,35H,2,4H2,1,3H3. The van der Waals surface area contributed by atoms with E-state index >= 15 is 0 Å². The van der Waals surface area contributed by atoms with Gasteiger partial charge in [-0.25, -0.2) is 4.39 Å². The maximum absolute atomic E-state index is 13.7. The molecule has 0 saturated carbocycles. The van der Waals surface area contributed by atoms with E-state index < -0.39 is 0 Å². The van der Waals surface area contributed by atoms with Crippen LogP contribution < -0.4 is 9.64 Å². The molecule has 0 aliphatic heterocycles. The van der Waals surface area contributed by atoms with E-state index in [1.165, 1.54) is 12.1 Å². The number of allylic oxidation sites excluding steroid dienone is 1.